The van der Waals surface area contributed by atoms with Gasteiger partial charge in [-0.25, -0.2) is 4.68 Å². The molecule has 18 heavy (non-hydrogen) atoms. The molecule has 0 aliphatic carbocycles. The van der Waals surface area contributed by atoms with E-state index in [9.17, 15) is 10.1 Å². The molecule has 0 fully saturated rings. The molecular weight excluding hydrogens is 236 g/mol. The lowest BCUT2D eigenvalue weighted by atomic mass is 10.3. The summed E-state index contributed by atoms with van der Waals surface area (Å²) in [7, 11) is 3.49. The average molecular weight is 250 g/mol. The zero-order chi connectivity index (χ0) is 13.3. The molecule has 96 valence electrons. The lowest BCUT2D eigenvalue weighted by Crippen LogP contribution is -2.06. The minimum absolute atomic E-state index is 0.0152. The van der Waals surface area contributed by atoms with Gasteiger partial charge in [-0.15, -0.1) is 0 Å². The molecular formula is C10H14N6O2. The SMILES string of the molecule is Cc1nn(C)c(NCc2cnn(C)c2)c1[N+](=O)[O-]. The van der Waals surface area contributed by atoms with E-state index in [0.717, 1.165) is 5.56 Å². The fourth-order valence-corrected chi connectivity index (χ4v) is 1.81. The minimum atomic E-state index is -0.423. The van der Waals surface area contributed by atoms with E-state index in [-0.39, 0.29) is 5.69 Å². The van der Waals surface area contributed by atoms with Crippen molar-refractivity contribution in [2.45, 2.75) is 13.5 Å². The van der Waals surface area contributed by atoms with Crippen LogP contribution in [0.1, 0.15) is 11.3 Å². The van der Waals surface area contributed by atoms with E-state index >= 15 is 0 Å². The van der Waals surface area contributed by atoms with Crippen LogP contribution < -0.4 is 5.32 Å². The summed E-state index contributed by atoms with van der Waals surface area (Å²) in [5.41, 5.74) is 1.36. The van der Waals surface area contributed by atoms with Crippen LogP contribution in [0.5, 0.6) is 0 Å². The molecule has 2 rings (SSSR count). The lowest BCUT2D eigenvalue weighted by Gasteiger charge is -2.04. The summed E-state index contributed by atoms with van der Waals surface area (Å²) in [4.78, 5) is 10.5. The van der Waals surface area contributed by atoms with Gasteiger partial charge in [0.15, 0.2) is 0 Å². The summed E-state index contributed by atoms with van der Waals surface area (Å²) >= 11 is 0. The van der Waals surface area contributed by atoms with Crippen molar-refractivity contribution in [2.75, 3.05) is 5.32 Å². The van der Waals surface area contributed by atoms with Gasteiger partial charge in [-0.05, 0) is 6.92 Å². The van der Waals surface area contributed by atoms with Crippen LogP contribution in [0.25, 0.3) is 0 Å². The molecule has 8 heteroatoms. The van der Waals surface area contributed by atoms with Gasteiger partial charge in [-0.2, -0.15) is 10.2 Å². The van der Waals surface area contributed by atoms with E-state index in [1.807, 2.05) is 13.2 Å². The monoisotopic (exact) mass is 250 g/mol. The fourth-order valence-electron chi connectivity index (χ4n) is 1.81. The highest BCUT2D eigenvalue weighted by Gasteiger charge is 2.23. The number of nitro groups is 1. The number of nitrogens with zero attached hydrogens (tertiary/aromatic N) is 5. The molecule has 0 atom stereocenters. The van der Waals surface area contributed by atoms with Gasteiger partial charge in [0.25, 0.3) is 0 Å². The molecule has 0 saturated heterocycles. The van der Waals surface area contributed by atoms with Crippen LogP contribution in [0.2, 0.25) is 0 Å². The topological polar surface area (TPSA) is 90.8 Å². The third-order valence-corrected chi connectivity index (χ3v) is 2.59. The molecule has 0 aliphatic rings. The van der Waals surface area contributed by atoms with Crippen molar-refractivity contribution in [2.24, 2.45) is 14.1 Å². The van der Waals surface area contributed by atoms with Crippen LogP contribution in [-0.2, 0) is 20.6 Å². The van der Waals surface area contributed by atoms with E-state index in [4.69, 9.17) is 0 Å². The second kappa shape index (κ2) is 4.47. The Balaban J connectivity index is 2.21. The summed E-state index contributed by atoms with van der Waals surface area (Å²) in [5, 5.41) is 22.1. The first-order valence-electron chi connectivity index (χ1n) is 5.38. The number of aromatic nitrogens is 4. The largest absolute Gasteiger partial charge is 0.360 e. The summed E-state index contributed by atoms with van der Waals surface area (Å²) in [5.74, 6) is 0.404. The van der Waals surface area contributed by atoms with Crippen LogP contribution in [0.3, 0.4) is 0 Å². The molecule has 0 bridgehead atoms. The smallest absolute Gasteiger partial charge is 0.333 e. The molecule has 0 aliphatic heterocycles. The fraction of sp³-hybridized carbons (Fsp3) is 0.400. The highest BCUT2D eigenvalue weighted by atomic mass is 16.6. The first kappa shape index (κ1) is 12.1. The maximum atomic E-state index is 11.0. The molecule has 0 unspecified atom stereocenters. The predicted octanol–water partition coefficient (Wildman–Crippen LogP) is 0.982. The Kier molecular flexibility index (Phi) is 3.00. The van der Waals surface area contributed by atoms with Crippen LogP contribution >= 0.6 is 0 Å². The summed E-state index contributed by atoms with van der Waals surface area (Å²) in [6.45, 7) is 2.08. The summed E-state index contributed by atoms with van der Waals surface area (Å²) in [6, 6.07) is 0. The number of hydrogen-bond acceptors (Lipinski definition) is 5. The number of aryl methyl sites for hydroxylation is 3. The molecule has 0 saturated carbocycles. The third-order valence-electron chi connectivity index (χ3n) is 2.59. The first-order valence-corrected chi connectivity index (χ1v) is 5.38. The molecule has 8 nitrogen and oxygen atoms in total. The Morgan fingerprint density at radius 1 is 1.50 bits per heavy atom. The molecule has 0 aromatic carbocycles. The quantitative estimate of drug-likeness (QED) is 0.645. The summed E-state index contributed by atoms with van der Waals surface area (Å²) < 4.78 is 3.16. The van der Waals surface area contributed by atoms with E-state index in [1.165, 1.54) is 4.68 Å². The Hall–Kier alpha value is -2.38. The molecule has 2 heterocycles. The Bertz CT molecular complexity index is 585. The third kappa shape index (κ3) is 2.17. The molecule has 2 aromatic rings. The average Bonchev–Trinajstić information content (AvgIpc) is 2.79. The zero-order valence-corrected chi connectivity index (χ0v) is 10.4. The van der Waals surface area contributed by atoms with Gasteiger partial charge in [0.1, 0.15) is 5.69 Å². The van der Waals surface area contributed by atoms with E-state index in [0.29, 0.717) is 18.1 Å². The van der Waals surface area contributed by atoms with Crippen LogP contribution in [0.4, 0.5) is 11.5 Å². The zero-order valence-electron chi connectivity index (χ0n) is 10.4. The number of anilines is 1. The first-order chi connectivity index (χ1) is 8.49. The van der Waals surface area contributed by atoms with E-state index in [2.05, 4.69) is 15.5 Å². The maximum absolute atomic E-state index is 11.0. The molecule has 2 aromatic heterocycles. The van der Waals surface area contributed by atoms with Crippen molar-refractivity contribution in [1.82, 2.24) is 19.6 Å². The van der Waals surface area contributed by atoms with Crippen LogP contribution in [-0.4, -0.2) is 24.5 Å². The van der Waals surface area contributed by atoms with Gasteiger partial charge in [-0.3, -0.25) is 14.8 Å². The van der Waals surface area contributed by atoms with Gasteiger partial charge in [-0.1, -0.05) is 0 Å². The lowest BCUT2D eigenvalue weighted by molar-refractivity contribution is -0.384. The normalized spacial score (nSPS) is 10.6. The van der Waals surface area contributed by atoms with Crippen molar-refractivity contribution < 1.29 is 4.92 Å². The van der Waals surface area contributed by atoms with Gasteiger partial charge in [0, 0.05) is 32.4 Å². The highest BCUT2D eigenvalue weighted by Crippen LogP contribution is 2.27. The van der Waals surface area contributed by atoms with Gasteiger partial charge >= 0.3 is 5.69 Å². The number of nitrogens with one attached hydrogen (secondary N) is 1. The number of hydrogen-bond donors (Lipinski definition) is 1. The van der Waals surface area contributed by atoms with Crippen molar-refractivity contribution in [3.63, 3.8) is 0 Å². The second-order valence-electron chi connectivity index (χ2n) is 4.04. The van der Waals surface area contributed by atoms with Crippen molar-refractivity contribution in [3.05, 3.63) is 33.8 Å². The number of rotatable bonds is 4. The van der Waals surface area contributed by atoms with Crippen molar-refractivity contribution in [1.29, 1.82) is 0 Å². The van der Waals surface area contributed by atoms with Crippen LogP contribution in [0.15, 0.2) is 12.4 Å². The van der Waals surface area contributed by atoms with Gasteiger partial charge in [0.2, 0.25) is 5.82 Å². The van der Waals surface area contributed by atoms with E-state index in [1.54, 1.807) is 24.9 Å². The Labute approximate surface area is 103 Å². The van der Waals surface area contributed by atoms with Crippen molar-refractivity contribution in [3.8, 4) is 0 Å². The molecule has 1 N–H and O–H groups in total. The maximum Gasteiger partial charge on any atom is 0.333 e. The van der Waals surface area contributed by atoms with Gasteiger partial charge in [0.05, 0.1) is 11.1 Å². The minimum Gasteiger partial charge on any atom is -0.360 e. The highest BCUT2D eigenvalue weighted by molar-refractivity contribution is 5.59. The standard InChI is InChI=1S/C10H14N6O2/c1-7-9(16(17)18)10(15(3)13-7)11-4-8-5-12-14(2)6-8/h5-6,11H,4H2,1-3H3. The van der Waals surface area contributed by atoms with E-state index < -0.39 is 4.92 Å². The Morgan fingerprint density at radius 3 is 2.78 bits per heavy atom. The second-order valence-corrected chi connectivity index (χ2v) is 4.04. The molecule has 0 radical (unpaired) electrons. The molecule has 0 amide bonds. The van der Waals surface area contributed by atoms with Crippen molar-refractivity contribution >= 4 is 11.5 Å². The molecule has 0 spiro atoms. The predicted molar refractivity (Wildman–Crippen MR) is 65.1 cm³/mol. The van der Waals surface area contributed by atoms with Crippen LogP contribution in [0, 0.1) is 17.0 Å². The van der Waals surface area contributed by atoms with Gasteiger partial charge < -0.3 is 5.32 Å². The summed E-state index contributed by atoms with van der Waals surface area (Å²) in [6.07, 6.45) is 3.56. The Morgan fingerprint density at radius 2 is 2.22 bits per heavy atom.